The predicted octanol–water partition coefficient (Wildman–Crippen LogP) is 3.04. The Hall–Kier alpha value is -3.48. The van der Waals surface area contributed by atoms with E-state index in [9.17, 15) is 9.59 Å². The van der Waals surface area contributed by atoms with Crippen molar-refractivity contribution in [1.82, 2.24) is 15.0 Å². The molecule has 29 heavy (non-hydrogen) atoms. The lowest BCUT2D eigenvalue weighted by molar-refractivity contribution is -0.146. The van der Waals surface area contributed by atoms with Crippen LogP contribution in [-0.2, 0) is 16.1 Å². The van der Waals surface area contributed by atoms with Gasteiger partial charge in [0.2, 0.25) is 11.7 Å². The number of carbonyl (C=O) groups excluding carboxylic acids is 2. The second kappa shape index (κ2) is 7.50. The molecule has 0 atom stereocenters. The van der Waals surface area contributed by atoms with Crippen molar-refractivity contribution in [2.45, 2.75) is 27.3 Å². The first-order chi connectivity index (χ1) is 13.9. The van der Waals surface area contributed by atoms with Gasteiger partial charge in [-0.2, -0.15) is 4.98 Å². The molecule has 1 saturated heterocycles. The van der Waals surface area contributed by atoms with Crippen molar-refractivity contribution in [3.05, 3.63) is 65.0 Å². The van der Waals surface area contributed by atoms with Gasteiger partial charge in [-0.1, -0.05) is 35.0 Å². The fourth-order valence-corrected chi connectivity index (χ4v) is 3.56. The highest BCUT2D eigenvalue weighted by Crippen LogP contribution is 2.23. The Bertz CT molecular complexity index is 1070. The molecule has 0 bridgehead atoms. The van der Waals surface area contributed by atoms with Gasteiger partial charge in [-0.3, -0.25) is 9.59 Å². The maximum Gasteiger partial charge on any atom is 0.316 e. The Balaban J connectivity index is 1.48. The maximum absolute atomic E-state index is 12.7. The van der Waals surface area contributed by atoms with E-state index in [0.717, 1.165) is 27.9 Å². The molecule has 0 aliphatic carbocycles. The van der Waals surface area contributed by atoms with Gasteiger partial charge < -0.3 is 14.3 Å². The van der Waals surface area contributed by atoms with E-state index in [1.54, 1.807) is 0 Å². The third kappa shape index (κ3) is 3.89. The summed E-state index contributed by atoms with van der Waals surface area (Å²) in [5, 5.41) is 4.00. The van der Waals surface area contributed by atoms with E-state index in [1.807, 2.05) is 63.2 Å². The normalized spacial score (nSPS) is 14.6. The Labute approximate surface area is 168 Å². The Morgan fingerprint density at radius 2 is 1.69 bits per heavy atom. The van der Waals surface area contributed by atoms with E-state index in [4.69, 9.17) is 4.52 Å². The summed E-state index contributed by atoms with van der Waals surface area (Å²) in [6.07, 6.45) is 0. The third-order valence-electron chi connectivity index (χ3n) is 4.90. The zero-order valence-electron chi connectivity index (χ0n) is 16.7. The first kappa shape index (κ1) is 18.9. The first-order valence-corrected chi connectivity index (χ1v) is 9.49. The molecule has 2 amide bonds. The lowest BCUT2D eigenvalue weighted by Gasteiger charge is -2.33. The summed E-state index contributed by atoms with van der Waals surface area (Å²) in [5.41, 5.74) is 4.80. The quantitative estimate of drug-likeness (QED) is 0.640. The van der Waals surface area contributed by atoms with Gasteiger partial charge in [-0.05, 0) is 50.1 Å². The van der Waals surface area contributed by atoms with Crippen LogP contribution in [0.15, 0.2) is 47.0 Å². The number of rotatable bonds is 4. The molecule has 3 aromatic rings. The van der Waals surface area contributed by atoms with Crippen LogP contribution in [-0.4, -0.2) is 39.9 Å². The summed E-state index contributed by atoms with van der Waals surface area (Å²) < 4.78 is 5.31. The number of carbonyl (C=O) groups is 2. The fourth-order valence-electron chi connectivity index (χ4n) is 3.56. The minimum Gasteiger partial charge on any atom is -0.337 e. The number of hydrogen-bond donors (Lipinski definition) is 0. The summed E-state index contributed by atoms with van der Waals surface area (Å²) in [5.74, 6) is -0.329. The molecule has 0 saturated carbocycles. The fraction of sp³-hybridized carbons (Fsp3) is 0.273. The summed E-state index contributed by atoms with van der Waals surface area (Å²) in [4.78, 5) is 32.7. The predicted molar refractivity (Wildman–Crippen MR) is 108 cm³/mol. The van der Waals surface area contributed by atoms with Crippen molar-refractivity contribution in [2.24, 2.45) is 0 Å². The molecule has 0 spiro atoms. The molecule has 0 N–H and O–H groups in total. The van der Waals surface area contributed by atoms with E-state index >= 15 is 0 Å². The van der Waals surface area contributed by atoms with E-state index in [-0.39, 0.29) is 6.54 Å². The van der Waals surface area contributed by atoms with Crippen LogP contribution in [0.1, 0.15) is 22.6 Å². The van der Waals surface area contributed by atoms with Gasteiger partial charge in [-0.15, -0.1) is 0 Å². The van der Waals surface area contributed by atoms with Crippen LogP contribution in [0.25, 0.3) is 11.4 Å². The minimum atomic E-state index is -0.564. The van der Waals surface area contributed by atoms with Gasteiger partial charge in [0.15, 0.2) is 0 Å². The second-order valence-electron chi connectivity index (χ2n) is 7.41. The average Bonchev–Trinajstić information content (AvgIpc) is 3.13. The summed E-state index contributed by atoms with van der Waals surface area (Å²) in [6, 6.07) is 13.7. The molecule has 7 heteroatoms. The van der Waals surface area contributed by atoms with Gasteiger partial charge in [0.05, 0.1) is 0 Å². The molecule has 0 unspecified atom stereocenters. The van der Waals surface area contributed by atoms with Gasteiger partial charge >= 0.3 is 11.8 Å². The molecule has 0 radical (unpaired) electrons. The minimum absolute atomic E-state index is 0.115. The number of hydrogen-bond acceptors (Lipinski definition) is 5. The van der Waals surface area contributed by atoms with Crippen LogP contribution in [0.2, 0.25) is 0 Å². The standard InChI is InChI=1S/C22H22N4O3/c1-14-5-4-6-17(10-14)20-23-19(29-24-20)13-25-7-8-26(22(28)21(25)27)18-11-15(2)9-16(3)12-18/h4-6,9-12H,7-8,13H2,1-3H3. The summed E-state index contributed by atoms with van der Waals surface area (Å²) >= 11 is 0. The van der Waals surface area contributed by atoms with E-state index < -0.39 is 11.8 Å². The molecule has 148 valence electrons. The average molecular weight is 390 g/mol. The van der Waals surface area contributed by atoms with Crippen molar-refractivity contribution in [3.8, 4) is 11.4 Å². The van der Waals surface area contributed by atoms with Gasteiger partial charge in [0.25, 0.3) is 0 Å². The van der Waals surface area contributed by atoms with Crippen LogP contribution >= 0.6 is 0 Å². The Kier molecular flexibility index (Phi) is 4.88. The van der Waals surface area contributed by atoms with Crippen molar-refractivity contribution >= 4 is 17.5 Å². The lowest BCUT2D eigenvalue weighted by Crippen LogP contribution is -2.54. The highest BCUT2D eigenvalue weighted by Gasteiger charge is 2.34. The van der Waals surface area contributed by atoms with Crippen molar-refractivity contribution in [3.63, 3.8) is 0 Å². The largest absolute Gasteiger partial charge is 0.337 e. The summed E-state index contributed by atoms with van der Waals surface area (Å²) in [6.45, 7) is 6.88. The second-order valence-corrected chi connectivity index (χ2v) is 7.41. The number of amides is 2. The van der Waals surface area contributed by atoms with Crippen molar-refractivity contribution in [1.29, 1.82) is 0 Å². The zero-order valence-corrected chi connectivity index (χ0v) is 16.7. The monoisotopic (exact) mass is 390 g/mol. The lowest BCUT2D eigenvalue weighted by atomic mass is 10.1. The molecule has 7 nitrogen and oxygen atoms in total. The molecule has 1 aliphatic heterocycles. The maximum atomic E-state index is 12.7. The van der Waals surface area contributed by atoms with Crippen molar-refractivity contribution in [2.75, 3.05) is 18.0 Å². The smallest absolute Gasteiger partial charge is 0.316 e. The molecule has 1 fully saturated rings. The van der Waals surface area contributed by atoms with Gasteiger partial charge in [0.1, 0.15) is 6.54 Å². The first-order valence-electron chi connectivity index (χ1n) is 9.49. The zero-order chi connectivity index (χ0) is 20.5. The van der Waals surface area contributed by atoms with Crippen LogP contribution in [0.4, 0.5) is 5.69 Å². The van der Waals surface area contributed by atoms with Crippen molar-refractivity contribution < 1.29 is 14.1 Å². The molecule has 1 aliphatic rings. The highest BCUT2D eigenvalue weighted by molar-refractivity contribution is 6.40. The molecule has 2 aromatic carbocycles. The SMILES string of the molecule is Cc1cccc(-c2noc(CN3CCN(c4cc(C)cc(C)c4)C(=O)C3=O)n2)c1. The van der Waals surface area contributed by atoms with E-state index in [0.29, 0.717) is 24.8 Å². The number of benzene rings is 2. The van der Waals surface area contributed by atoms with E-state index in [2.05, 4.69) is 10.1 Å². The van der Waals surface area contributed by atoms with Crippen LogP contribution in [0.3, 0.4) is 0 Å². The molecular weight excluding hydrogens is 368 g/mol. The third-order valence-corrected chi connectivity index (χ3v) is 4.90. The number of piperazine rings is 1. The van der Waals surface area contributed by atoms with Crippen LogP contribution < -0.4 is 4.90 Å². The van der Waals surface area contributed by atoms with Gasteiger partial charge in [0, 0.05) is 24.3 Å². The molecule has 1 aromatic heterocycles. The molecular formula is C22H22N4O3. The Morgan fingerprint density at radius 3 is 2.41 bits per heavy atom. The van der Waals surface area contributed by atoms with Crippen LogP contribution in [0.5, 0.6) is 0 Å². The molecule has 2 heterocycles. The van der Waals surface area contributed by atoms with Gasteiger partial charge in [-0.25, -0.2) is 0 Å². The van der Waals surface area contributed by atoms with Crippen LogP contribution in [0, 0.1) is 20.8 Å². The number of anilines is 1. The number of nitrogens with zero attached hydrogens (tertiary/aromatic N) is 4. The Morgan fingerprint density at radius 1 is 0.931 bits per heavy atom. The topological polar surface area (TPSA) is 79.5 Å². The molecule has 4 rings (SSSR count). The number of aromatic nitrogens is 2. The number of aryl methyl sites for hydroxylation is 3. The summed E-state index contributed by atoms with van der Waals surface area (Å²) in [7, 11) is 0. The van der Waals surface area contributed by atoms with E-state index in [1.165, 1.54) is 9.80 Å². The highest BCUT2D eigenvalue weighted by atomic mass is 16.5.